The molecule has 142 valence electrons. The van der Waals surface area contributed by atoms with Crippen LogP contribution in [0.5, 0.6) is 17.2 Å². The number of ether oxygens (including phenoxy) is 2. The van der Waals surface area contributed by atoms with E-state index in [4.69, 9.17) is 32.7 Å². The van der Waals surface area contributed by atoms with E-state index >= 15 is 0 Å². The second-order valence-electron chi connectivity index (χ2n) is 5.52. The van der Waals surface area contributed by atoms with Crippen LogP contribution in [-0.2, 0) is 4.79 Å². The van der Waals surface area contributed by atoms with Gasteiger partial charge in [0.25, 0.3) is 5.91 Å². The molecule has 0 radical (unpaired) electrons. The molecule has 1 aliphatic heterocycles. The van der Waals surface area contributed by atoms with Gasteiger partial charge < -0.3 is 25.2 Å². The van der Waals surface area contributed by atoms with E-state index < -0.39 is 5.50 Å². The Morgan fingerprint density at radius 3 is 2.63 bits per heavy atom. The lowest BCUT2D eigenvalue weighted by Crippen LogP contribution is -2.31. The molecule has 1 atom stereocenters. The lowest BCUT2D eigenvalue weighted by Gasteiger charge is -2.15. The molecule has 1 aliphatic rings. The van der Waals surface area contributed by atoms with Gasteiger partial charge in [0.15, 0.2) is 17.0 Å². The first-order chi connectivity index (χ1) is 12.9. The topological polar surface area (TPSA) is 79.8 Å². The zero-order valence-corrected chi connectivity index (χ0v) is 16.7. The highest BCUT2D eigenvalue weighted by atomic mass is 35.5. The number of hydrogen-bond donors (Lipinski definition) is 3. The molecule has 6 nitrogen and oxygen atoms in total. The van der Waals surface area contributed by atoms with Crippen LogP contribution in [0.15, 0.2) is 35.2 Å². The largest absolute Gasteiger partial charge is 0.503 e. The number of benzene rings is 2. The molecule has 0 aliphatic carbocycles. The molecule has 3 N–H and O–H groups in total. The summed E-state index contributed by atoms with van der Waals surface area (Å²) in [6, 6.07) is 8.34. The predicted molar refractivity (Wildman–Crippen MR) is 109 cm³/mol. The lowest BCUT2D eigenvalue weighted by atomic mass is 10.2. The Hall–Kier alpha value is -2.22. The summed E-state index contributed by atoms with van der Waals surface area (Å²) in [5.74, 6) is 0.469. The minimum atomic E-state index is -0.398. The first-order valence-corrected chi connectivity index (χ1v) is 9.40. The summed E-state index contributed by atoms with van der Waals surface area (Å²) in [6.45, 7) is 0. The van der Waals surface area contributed by atoms with Gasteiger partial charge in [0.05, 0.1) is 29.8 Å². The number of carbonyl (C=O) groups excluding carboxylic acids is 1. The summed E-state index contributed by atoms with van der Waals surface area (Å²) < 4.78 is 10.4. The van der Waals surface area contributed by atoms with Gasteiger partial charge >= 0.3 is 0 Å². The smallest absolute Gasteiger partial charge is 0.260 e. The van der Waals surface area contributed by atoms with E-state index in [-0.39, 0.29) is 22.4 Å². The maximum Gasteiger partial charge on any atom is 0.260 e. The van der Waals surface area contributed by atoms with Crippen LogP contribution in [-0.4, -0.2) is 30.7 Å². The molecule has 1 saturated heterocycles. The summed E-state index contributed by atoms with van der Waals surface area (Å²) in [5.41, 5.74) is 0.900. The number of aromatic hydroxyl groups is 1. The summed E-state index contributed by atoms with van der Waals surface area (Å²) in [5, 5.41) is 16.5. The van der Waals surface area contributed by atoms with Crippen LogP contribution in [0, 0.1) is 0 Å². The monoisotopic (exact) mass is 426 g/mol. The third-order valence-electron chi connectivity index (χ3n) is 3.75. The Morgan fingerprint density at radius 2 is 1.93 bits per heavy atom. The third-order valence-corrected chi connectivity index (χ3v) is 5.30. The number of nitrogens with one attached hydrogen (secondary N) is 2. The standard InChI is InChI=1S/C18H16Cl2N2O4S/c1-25-13-4-3-10(19)8-12(13)21-18-22-17(24)15(27-18)7-9-5-11(20)16(23)14(6-9)26-2/h3-8,18,21,23H,1-2H3,(H,22,24)/b15-7-. The van der Waals surface area contributed by atoms with Crippen molar-refractivity contribution >= 4 is 52.6 Å². The number of phenols is 1. The SMILES string of the molecule is COc1ccc(Cl)cc1NC1NC(=O)/C(=C/c2cc(Cl)c(O)c(OC)c2)S1. The van der Waals surface area contributed by atoms with Crippen LogP contribution in [0.3, 0.4) is 0 Å². The summed E-state index contributed by atoms with van der Waals surface area (Å²) in [6.07, 6.45) is 1.67. The summed E-state index contributed by atoms with van der Waals surface area (Å²) in [7, 11) is 2.99. The highest BCUT2D eigenvalue weighted by Crippen LogP contribution is 2.38. The Kier molecular flexibility index (Phi) is 5.94. The van der Waals surface area contributed by atoms with Gasteiger partial charge in [0, 0.05) is 5.02 Å². The fourth-order valence-corrected chi connectivity index (χ4v) is 3.85. The maximum absolute atomic E-state index is 12.3. The molecular formula is C18H16Cl2N2O4S. The Labute approximate surface area is 170 Å². The first kappa shape index (κ1) is 19.5. The van der Waals surface area contributed by atoms with Crippen molar-refractivity contribution in [3.8, 4) is 17.2 Å². The van der Waals surface area contributed by atoms with Crippen molar-refractivity contribution in [1.29, 1.82) is 0 Å². The lowest BCUT2D eigenvalue weighted by molar-refractivity contribution is -0.116. The van der Waals surface area contributed by atoms with Gasteiger partial charge in [-0.05, 0) is 42.0 Å². The second-order valence-corrected chi connectivity index (χ2v) is 7.51. The highest BCUT2D eigenvalue weighted by molar-refractivity contribution is 8.05. The number of rotatable bonds is 5. The van der Waals surface area contributed by atoms with E-state index in [1.54, 1.807) is 43.5 Å². The number of phenolic OH excluding ortho intramolecular Hbond substituents is 1. The molecule has 1 unspecified atom stereocenters. The molecule has 1 heterocycles. The predicted octanol–water partition coefficient (Wildman–Crippen LogP) is 4.32. The van der Waals surface area contributed by atoms with E-state index in [1.807, 2.05) is 0 Å². The first-order valence-electron chi connectivity index (χ1n) is 7.77. The normalized spacial score (nSPS) is 17.7. The maximum atomic E-state index is 12.3. The van der Waals surface area contributed by atoms with Crippen LogP contribution in [0.1, 0.15) is 5.56 Å². The van der Waals surface area contributed by atoms with Crippen molar-refractivity contribution in [3.05, 3.63) is 50.8 Å². The zero-order valence-electron chi connectivity index (χ0n) is 14.4. The number of hydrogen-bond acceptors (Lipinski definition) is 6. The molecular weight excluding hydrogens is 411 g/mol. The van der Waals surface area contributed by atoms with E-state index in [1.165, 1.54) is 18.9 Å². The fourth-order valence-electron chi connectivity index (χ4n) is 2.48. The van der Waals surface area contributed by atoms with Gasteiger partial charge in [-0.3, -0.25) is 4.79 Å². The van der Waals surface area contributed by atoms with Crippen LogP contribution in [0.4, 0.5) is 5.69 Å². The van der Waals surface area contributed by atoms with Gasteiger partial charge in [0.1, 0.15) is 5.75 Å². The average molecular weight is 427 g/mol. The molecule has 0 saturated carbocycles. The molecule has 0 aromatic heterocycles. The van der Waals surface area contributed by atoms with E-state index in [0.717, 1.165) is 0 Å². The average Bonchev–Trinajstić information content (AvgIpc) is 2.97. The molecule has 3 rings (SSSR count). The molecule has 0 spiro atoms. The van der Waals surface area contributed by atoms with Crippen LogP contribution in [0.2, 0.25) is 10.0 Å². The van der Waals surface area contributed by atoms with Gasteiger partial charge in [-0.15, -0.1) is 0 Å². The summed E-state index contributed by atoms with van der Waals surface area (Å²) in [4.78, 5) is 12.8. The molecule has 1 fully saturated rings. The quantitative estimate of drug-likeness (QED) is 0.617. The highest BCUT2D eigenvalue weighted by Gasteiger charge is 2.28. The van der Waals surface area contributed by atoms with Crippen LogP contribution < -0.4 is 20.1 Å². The van der Waals surface area contributed by atoms with Crippen molar-refractivity contribution in [1.82, 2.24) is 5.32 Å². The minimum Gasteiger partial charge on any atom is -0.503 e. The molecule has 2 aromatic rings. The Bertz CT molecular complexity index is 920. The van der Waals surface area contributed by atoms with Crippen molar-refractivity contribution < 1.29 is 19.4 Å². The number of methoxy groups -OCH3 is 2. The molecule has 27 heavy (non-hydrogen) atoms. The summed E-state index contributed by atoms with van der Waals surface area (Å²) >= 11 is 13.3. The van der Waals surface area contributed by atoms with E-state index in [0.29, 0.717) is 26.9 Å². The number of anilines is 1. The molecule has 2 aromatic carbocycles. The Morgan fingerprint density at radius 1 is 1.19 bits per heavy atom. The fraction of sp³-hybridized carbons (Fsp3) is 0.167. The van der Waals surface area contributed by atoms with Gasteiger partial charge in [0.2, 0.25) is 0 Å². The minimum absolute atomic E-state index is 0.141. The van der Waals surface area contributed by atoms with Crippen molar-refractivity contribution in [2.45, 2.75) is 5.50 Å². The van der Waals surface area contributed by atoms with Gasteiger partial charge in [-0.25, -0.2) is 0 Å². The van der Waals surface area contributed by atoms with Gasteiger partial charge in [-0.2, -0.15) is 0 Å². The molecule has 1 amide bonds. The Balaban J connectivity index is 1.81. The number of carbonyl (C=O) groups is 1. The third kappa shape index (κ3) is 4.37. The number of thioether (sulfide) groups is 1. The molecule has 9 heteroatoms. The zero-order chi connectivity index (χ0) is 19.6. The van der Waals surface area contributed by atoms with Crippen molar-refractivity contribution in [2.75, 3.05) is 19.5 Å². The molecule has 0 bridgehead atoms. The van der Waals surface area contributed by atoms with E-state index in [2.05, 4.69) is 10.6 Å². The van der Waals surface area contributed by atoms with Crippen molar-refractivity contribution in [3.63, 3.8) is 0 Å². The number of amides is 1. The van der Waals surface area contributed by atoms with Crippen molar-refractivity contribution in [2.24, 2.45) is 0 Å². The van der Waals surface area contributed by atoms with Gasteiger partial charge in [-0.1, -0.05) is 35.0 Å². The number of halogens is 2. The van der Waals surface area contributed by atoms with E-state index in [9.17, 15) is 9.90 Å². The van der Waals surface area contributed by atoms with Crippen LogP contribution in [0.25, 0.3) is 6.08 Å². The van der Waals surface area contributed by atoms with Crippen LogP contribution >= 0.6 is 35.0 Å². The second kappa shape index (κ2) is 8.21.